The van der Waals surface area contributed by atoms with Crippen LogP contribution < -0.4 is 10.1 Å². The molecule has 3 nitrogen and oxygen atoms in total. The van der Waals surface area contributed by atoms with Gasteiger partial charge in [0.15, 0.2) is 0 Å². The average Bonchev–Trinajstić information content (AvgIpc) is 2.48. The van der Waals surface area contributed by atoms with Crippen LogP contribution in [0, 0.1) is 0 Å². The highest BCUT2D eigenvalue weighted by Gasteiger charge is 2.06. The molecule has 2 aromatic rings. The fraction of sp³-hybridized carbons (Fsp3) is 0.188. The maximum absolute atomic E-state index is 12.1. The summed E-state index contributed by atoms with van der Waals surface area (Å²) in [6.45, 7) is 2.53. The summed E-state index contributed by atoms with van der Waals surface area (Å²) in [4.78, 5) is 12.1. The number of anilines is 1. The van der Waals surface area contributed by atoms with Gasteiger partial charge >= 0.3 is 0 Å². The van der Waals surface area contributed by atoms with E-state index >= 15 is 0 Å². The number of amides is 1. The predicted molar refractivity (Wildman–Crippen MR) is 84.6 cm³/mol. The van der Waals surface area contributed by atoms with Gasteiger partial charge in [-0.2, -0.15) is 0 Å². The molecule has 0 aliphatic rings. The zero-order chi connectivity index (χ0) is 14.4. The lowest BCUT2D eigenvalue weighted by atomic mass is 10.1. The van der Waals surface area contributed by atoms with Crippen LogP contribution in [0.1, 0.15) is 22.8 Å². The van der Waals surface area contributed by atoms with Crippen molar-refractivity contribution in [1.82, 2.24) is 0 Å². The van der Waals surface area contributed by atoms with Gasteiger partial charge in [0.05, 0.1) is 6.61 Å². The first-order chi connectivity index (χ1) is 9.72. The summed E-state index contributed by atoms with van der Waals surface area (Å²) in [5.41, 5.74) is 2.50. The summed E-state index contributed by atoms with van der Waals surface area (Å²) >= 11 is 3.38. The van der Waals surface area contributed by atoms with Crippen molar-refractivity contribution in [3.8, 4) is 5.75 Å². The molecule has 0 spiro atoms. The molecule has 0 fully saturated rings. The first-order valence-electron chi connectivity index (χ1n) is 6.42. The summed E-state index contributed by atoms with van der Waals surface area (Å²) in [5.74, 6) is 0.625. The number of halogens is 1. The molecule has 0 heterocycles. The van der Waals surface area contributed by atoms with E-state index in [2.05, 4.69) is 21.2 Å². The molecular formula is C16H16BrNO2. The van der Waals surface area contributed by atoms with E-state index in [4.69, 9.17) is 4.74 Å². The van der Waals surface area contributed by atoms with Gasteiger partial charge in [-0.05, 0) is 36.8 Å². The summed E-state index contributed by atoms with van der Waals surface area (Å²) in [7, 11) is 0. The van der Waals surface area contributed by atoms with E-state index in [1.165, 1.54) is 0 Å². The number of benzene rings is 2. The van der Waals surface area contributed by atoms with E-state index in [1.54, 1.807) is 0 Å². The number of nitrogens with one attached hydrogen (secondary N) is 1. The molecule has 20 heavy (non-hydrogen) atoms. The van der Waals surface area contributed by atoms with Crippen LogP contribution in [0.3, 0.4) is 0 Å². The predicted octanol–water partition coefficient (Wildman–Crippen LogP) is 4.23. The normalized spacial score (nSPS) is 10.1. The van der Waals surface area contributed by atoms with Crippen molar-refractivity contribution in [2.24, 2.45) is 0 Å². The highest BCUT2D eigenvalue weighted by Crippen LogP contribution is 2.18. The SMILES string of the molecule is CCOc1cccc(NC(=O)c2ccc(CBr)cc2)c1. The molecule has 1 N–H and O–H groups in total. The molecule has 0 aromatic heterocycles. The molecule has 0 radical (unpaired) electrons. The van der Waals surface area contributed by atoms with Crippen molar-refractivity contribution in [3.05, 3.63) is 59.7 Å². The number of carbonyl (C=O) groups excluding carboxylic acids is 1. The Morgan fingerprint density at radius 3 is 2.60 bits per heavy atom. The zero-order valence-electron chi connectivity index (χ0n) is 11.2. The maximum atomic E-state index is 12.1. The molecule has 0 aliphatic carbocycles. The molecule has 1 amide bonds. The molecule has 2 rings (SSSR count). The second-order valence-electron chi connectivity index (χ2n) is 4.25. The Morgan fingerprint density at radius 1 is 1.20 bits per heavy atom. The molecule has 4 heteroatoms. The first kappa shape index (κ1) is 14.6. The fourth-order valence-electron chi connectivity index (χ4n) is 1.78. The second-order valence-corrected chi connectivity index (χ2v) is 4.81. The number of hydrogen-bond donors (Lipinski definition) is 1. The van der Waals surface area contributed by atoms with Crippen LogP contribution in [0.15, 0.2) is 48.5 Å². The number of hydrogen-bond acceptors (Lipinski definition) is 2. The maximum Gasteiger partial charge on any atom is 0.255 e. The van der Waals surface area contributed by atoms with E-state index in [9.17, 15) is 4.79 Å². The molecule has 0 saturated carbocycles. The van der Waals surface area contributed by atoms with Gasteiger partial charge in [0, 0.05) is 22.6 Å². The molecule has 0 aliphatic heterocycles. The fourth-order valence-corrected chi connectivity index (χ4v) is 2.15. The van der Waals surface area contributed by atoms with Crippen molar-refractivity contribution in [3.63, 3.8) is 0 Å². The highest BCUT2D eigenvalue weighted by molar-refractivity contribution is 9.08. The van der Waals surface area contributed by atoms with Gasteiger partial charge in [0.2, 0.25) is 0 Å². The lowest BCUT2D eigenvalue weighted by Crippen LogP contribution is -2.11. The Morgan fingerprint density at radius 2 is 1.95 bits per heavy atom. The van der Waals surface area contributed by atoms with E-state index < -0.39 is 0 Å². The van der Waals surface area contributed by atoms with E-state index in [1.807, 2.05) is 55.5 Å². The van der Waals surface area contributed by atoms with Crippen LogP contribution >= 0.6 is 15.9 Å². The summed E-state index contributed by atoms with van der Waals surface area (Å²) in [6.07, 6.45) is 0. The van der Waals surface area contributed by atoms with Crippen LogP contribution in [0.2, 0.25) is 0 Å². The van der Waals surface area contributed by atoms with Crippen LogP contribution in [0.25, 0.3) is 0 Å². The van der Waals surface area contributed by atoms with Crippen LogP contribution in [0.5, 0.6) is 5.75 Å². The van der Waals surface area contributed by atoms with E-state index in [-0.39, 0.29) is 5.91 Å². The smallest absolute Gasteiger partial charge is 0.255 e. The minimum Gasteiger partial charge on any atom is -0.494 e. The summed E-state index contributed by atoms with van der Waals surface area (Å²) in [6, 6.07) is 14.9. The molecule has 0 bridgehead atoms. The molecule has 0 atom stereocenters. The number of carbonyl (C=O) groups is 1. The van der Waals surface area contributed by atoms with Crippen molar-refractivity contribution >= 4 is 27.5 Å². The largest absolute Gasteiger partial charge is 0.494 e. The standard InChI is InChI=1S/C16H16BrNO2/c1-2-20-15-5-3-4-14(10-15)18-16(19)13-8-6-12(11-17)7-9-13/h3-10H,2,11H2,1H3,(H,18,19). The van der Waals surface area contributed by atoms with E-state index in [0.29, 0.717) is 12.2 Å². The van der Waals surface area contributed by atoms with Crippen molar-refractivity contribution in [2.45, 2.75) is 12.3 Å². The van der Waals surface area contributed by atoms with Gasteiger partial charge in [0.1, 0.15) is 5.75 Å². The average molecular weight is 334 g/mol. The third-order valence-electron chi connectivity index (χ3n) is 2.77. The Hall–Kier alpha value is -1.81. The minimum absolute atomic E-state index is 0.125. The van der Waals surface area contributed by atoms with Crippen molar-refractivity contribution in [2.75, 3.05) is 11.9 Å². The molecule has 0 saturated heterocycles. The Bertz CT molecular complexity index is 581. The van der Waals surface area contributed by atoms with E-state index in [0.717, 1.165) is 22.3 Å². The molecule has 0 unspecified atom stereocenters. The Kier molecular flexibility index (Phi) is 5.18. The third kappa shape index (κ3) is 3.84. The van der Waals surface area contributed by atoms with Crippen molar-refractivity contribution in [1.29, 1.82) is 0 Å². The number of ether oxygens (including phenoxy) is 1. The summed E-state index contributed by atoms with van der Waals surface area (Å²) < 4.78 is 5.41. The monoisotopic (exact) mass is 333 g/mol. The van der Waals surface area contributed by atoms with Gasteiger partial charge in [-0.3, -0.25) is 4.79 Å². The highest BCUT2D eigenvalue weighted by atomic mass is 79.9. The quantitative estimate of drug-likeness (QED) is 0.831. The Labute approximate surface area is 127 Å². The minimum atomic E-state index is -0.125. The third-order valence-corrected chi connectivity index (χ3v) is 3.42. The van der Waals surface area contributed by atoms with Crippen LogP contribution in [0.4, 0.5) is 5.69 Å². The second kappa shape index (κ2) is 7.10. The van der Waals surface area contributed by atoms with Gasteiger partial charge in [-0.25, -0.2) is 0 Å². The number of alkyl halides is 1. The van der Waals surface area contributed by atoms with Gasteiger partial charge in [-0.15, -0.1) is 0 Å². The summed E-state index contributed by atoms with van der Waals surface area (Å²) in [5, 5.41) is 3.65. The number of rotatable bonds is 5. The van der Waals surface area contributed by atoms with Crippen LogP contribution in [-0.4, -0.2) is 12.5 Å². The van der Waals surface area contributed by atoms with Gasteiger partial charge < -0.3 is 10.1 Å². The lowest BCUT2D eigenvalue weighted by Gasteiger charge is -2.08. The van der Waals surface area contributed by atoms with Crippen molar-refractivity contribution < 1.29 is 9.53 Å². The molecule has 2 aromatic carbocycles. The van der Waals surface area contributed by atoms with Gasteiger partial charge in [-0.1, -0.05) is 34.1 Å². The topological polar surface area (TPSA) is 38.3 Å². The lowest BCUT2D eigenvalue weighted by molar-refractivity contribution is 0.102. The zero-order valence-corrected chi connectivity index (χ0v) is 12.8. The van der Waals surface area contributed by atoms with Gasteiger partial charge in [0.25, 0.3) is 5.91 Å². The first-order valence-corrected chi connectivity index (χ1v) is 7.54. The molecular weight excluding hydrogens is 318 g/mol. The van der Waals surface area contributed by atoms with Crippen LogP contribution in [-0.2, 0) is 5.33 Å². The Balaban J connectivity index is 2.08. The molecule has 104 valence electrons.